The van der Waals surface area contributed by atoms with Crippen molar-refractivity contribution in [3.05, 3.63) is 29.6 Å². The Bertz CT molecular complexity index is 299. The summed E-state index contributed by atoms with van der Waals surface area (Å²) in [5.74, 6) is -0.635. The molecular weight excluding hydrogens is 201 g/mol. The Morgan fingerprint density at radius 3 is 2.67 bits per heavy atom. The average molecular weight is 215 g/mol. The third kappa shape index (κ3) is 4.24. The van der Waals surface area contributed by atoms with Crippen LogP contribution < -0.4 is 5.32 Å². The molecule has 1 unspecified atom stereocenters. The number of nitrogens with one attached hydrogen (secondary N) is 1. The lowest BCUT2D eigenvalue weighted by Gasteiger charge is -2.09. The van der Waals surface area contributed by atoms with Crippen LogP contribution in [0.2, 0.25) is 0 Å². The lowest BCUT2D eigenvalue weighted by Crippen LogP contribution is -2.28. The van der Waals surface area contributed by atoms with E-state index >= 15 is 0 Å². The summed E-state index contributed by atoms with van der Waals surface area (Å²) in [6.07, 6.45) is -0.827. The minimum atomic E-state index is -0.827. The molecule has 0 radical (unpaired) electrons. The first-order chi connectivity index (χ1) is 7.11. The van der Waals surface area contributed by atoms with Crippen LogP contribution in [-0.2, 0) is 6.54 Å². The maximum absolute atomic E-state index is 12.8. The van der Waals surface area contributed by atoms with Crippen LogP contribution in [0.15, 0.2) is 18.2 Å². The van der Waals surface area contributed by atoms with Crippen molar-refractivity contribution in [2.24, 2.45) is 0 Å². The summed E-state index contributed by atoms with van der Waals surface area (Å²) in [6, 6.07) is 3.74. The predicted octanol–water partition coefficient (Wildman–Crippen LogP) is -0.0259. The third-order valence-corrected chi connectivity index (χ3v) is 1.86. The highest BCUT2D eigenvalue weighted by Gasteiger charge is 2.02. The Kier molecular flexibility index (Phi) is 4.48. The van der Waals surface area contributed by atoms with Crippen molar-refractivity contribution in [3.8, 4) is 5.75 Å². The molecule has 1 aromatic carbocycles. The Hall–Kier alpha value is -1.17. The van der Waals surface area contributed by atoms with Crippen molar-refractivity contribution in [3.63, 3.8) is 0 Å². The van der Waals surface area contributed by atoms with Crippen LogP contribution in [0.4, 0.5) is 4.39 Å². The van der Waals surface area contributed by atoms with E-state index in [9.17, 15) is 4.39 Å². The van der Waals surface area contributed by atoms with Crippen molar-refractivity contribution in [1.82, 2.24) is 5.32 Å². The molecule has 5 heteroatoms. The molecule has 1 aromatic rings. The molecule has 1 rings (SSSR count). The molecule has 0 bridgehead atoms. The van der Waals surface area contributed by atoms with Gasteiger partial charge in [-0.2, -0.15) is 0 Å². The second kappa shape index (κ2) is 5.65. The minimum Gasteiger partial charge on any atom is -0.508 e. The highest BCUT2D eigenvalue weighted by Crippen LogP contribution is 2.14. The molecule has 15 heavy (non-hydrogen) atoms. The van der Waals surface area contributed by atoms with E-state index in [1.807, 2.05) is 0 Å². The molecule has 1 atom stereocenters. The van der Waals surface area contributed by atoms with Gasteiger partial charge in [0.15, 0.2) is 0 Å². The molecule has 0 aliphatic carbocycles. The number of aliphatic hydroxyl groups is 2. The molecule has 0 fully saturated rings. The van der Waals surface area contributed by atoms with E-state index in [0.29, 0.717) is 12.1 Å². The van der Waals surface area contributed by atoms with Crippen LogP contribution in [0.5, 0.6) is 5.75 Å². The first kappa shape index (κ1) is 11.9. The quantitative estimate of drug-likeness (QED) is 0.557. The van der Waals surface area contributed by atoms with E-state index in [4.69, 9.17) is 15.3 Å². The SMILES string of the molecule is OCC(O)CNCc1cc(O)cc(F)c1. The van der Waals surface area contributed by atoms with E-state index in [-0.39, 0.29) is 18.9 Å². The average Bonchev–Trinajstić information content (AvgIpc) is 2.16. The van der Waals surface area contributed by atoms with Crippen molar-refractivity contribution < 1.29 is 19.7 Å². The second-order valence-corrected chi connectivity index (χ2v) is 3.28. The van der Waals surface area contributed by atoms with Crippen LogP contribution in [0, 0.1) is 5.82 Å². The van der Waals surface area contributed by atoms with E-state index < -0.39 is 11.9 Å². The molecule has 4 nitrogen and oxygen atoms in total. The number of hydrogen-bond acceptors (Lipinski definition) is 4. The Morgan fingerprint density at radius 2 is 2.07 bits per heavy atom. The highest BCUT2D eigenvalue weighted by atomic mass is 19.1. The first-order valence-electron chi connectivity index (χ1n) is 4.60. The normalized spacial score (nSPS) is 12.7. The van der Waals surface area contributed by atoms with Crippen LogP contribution >= 0.6 is 0 Å². The topological polar surface area (TPSA) is 72.7 Å². The van der Waals surface area contributed by atoms with Crippen LogP contribution in [0.25, 0.3) is 0 Å². The number of halogens is 1. The van der Waals surface area contributed by atoms with E-state index in [1.54, 1.807) is 0 Å². The van der Waals surface area contributed by atoms with Crippen LogP contribution in [-0.4, -0.2) is 34.6 Å². The van der Waals surface area contributed by atoms with E-state index in [0.717, 1.165) is 6.07 Å². The molecule has 0 aromatic heterocycles. The maximum atomic E-state index is 12.8. The second-order valence-electron chi connectivity index (χ2n) is 3.28. The van der Waals surface area contributed by atoms with Gasteiger partial charge in [0, 0.05) is 19.2 Å². The summed E-state index contributed by atoms with van der Waals surface area (Å²) in [7, 11) is 0. The van der Waals surface area contributed by atoms with Gasteiger partial charge in [-0.05, 0) is 17.7 Å². The lowest BCUT2D eigenvalue weighted by atomic mass is 10.2. The lowest BCUT2D eigenvalue weighted by molar-refractivity contribution is 0.0942. The molecule has 84 valence electrons. The van der Waals surface area contributed by atoms with Crippen molar-refractivity contribution in [1.29, 1.82) is 0 Å². The van der Waals surface area contributed by atoms with Gasteiger partial charge in [0.25, 0.3) is 0 Å². The molecule has 4 N–H and O–H groups in total. The molecule has 0 aliphatic rings. The van der Waals surface area contributed by atoms with Gasteiger partial charge in [0.05, 0.1) is 12.7 Å². The Morgan fingerprint density at radius 1 is 1.33 bits per heavy atom. The zero-order chi connectivity index (χ0) is 11.3. The number of aliphatic hydroxyl groups excluding tert-OH is 2. The highest BCUT2D eigenvalue weighted by molar-refractivity contribution is 5.28. The number of phenols is 1. The summed E-state index contributed by atoms with van der Waals surface area (Å²) >= 11 is 0. The fourth-order valence-electron chi connectivity index (χ4n) is 1.18. The van der Waals surface area contributed by atoms with E-state index in [1.165, 1.54) is 12.1 Å². The predicted molar refractivity (Wildman–Crippen MR) is 52.9 cm³/mol. The first-order valence-corrected chi connectivity index (χ1v) is 4.60. The smallest absolute Gasteiger partial charge is 0.127 e. The fraction of sp³-hybridized carbons (Fsp3) is 0.400. The maximum Gasteiger partial charge on any atom is 0.127 e. The van der Waals surface area contributed by atoms with Gasteiger partial charge in [0.1, 0.15) is 11.6 Å². The standard InChI is InChI=1S/C10H14FNO3/c11-8-1-7(2-9(14)3-8)4-12-5-10(15)6-13/h1-3,10,12-15H,4-6H2. The number of hydrogen-bond donors (Lipinski definition) is 4. The van der Waals surface area contributed by atoms with Gasteiger partial charge in [-0.1, -0.05) is 0 Å². The molecule has 0 saturated carbocycles. The fourth-order valence-corrected chi connectivity index (χ4v) is 1.18. The summed E-state index contributed by atoms with van der Waals surface area (Å²) in [6.45, 7) is 0.220. The van der Waals surface area contributed by atoms with Gasteiger partial charge in [-0.25, -0.2) is 4.39 Å². The van der Waals surface area contributed by atoms with E-state index in [2.05, 4.69) is 5.32 Å². The summed E-state index contributed by atoms with van der Waals surface area (Å²) in [5.41, 5.74) is 0.581. The Labute approximate surface area is 87.0 Å². The largest absolute Gasteiger partial charge is 0.508 e. The van der Waals surface area contributed by atoms with Crippen LogP contribution in [0.3, 0.4) is 0 Å². The molecule has 0 saturated heterocycles. The monoisotopic (exact) mass is 215 g/mol. The number of phenolic OH excluding ortho intramolecular Hbond substituents is 1. The molecular formula is C10H14FNO3. The summed E-state index contributed by atoms with van der Waals surface area (Å²) in [5, 5.41) is 29.4. The molecule has 0 aliphatic heterocycles. The van der Waals surface area contributed by atoms with Gasteiger partial charge < -0.3 is 20.6 Å². The molecule has 0 spiro atoms. The minimum absolute atomic E-state index is 0.130. The van der Waals surface area contributed by atoms with Gasteiger partial charge in [-0.3, -0.25) is 0 Å². The van der Waals surface area contributed by atoms with Gasteiger partial charge in [-0.15, -0.1) is 0 Å². The van der Waals surface area contributed by atoms with Gasteiger partial charge >= 0.3 is 0 Å². The zero-order valence-electron chi connectivity index (χ0n) is 8.15. The van der Waals surface area contributed by atoms with Gasteiger partial charge in [0.2, 0.25) is 0 Å². The number of rotatable bonds is 5. The Balaban J connectivity index is 2.43. The van der Waals surface area contributed by atoms with Crippen molar-refractivity contribution >= 4 is 0 Å². The summed E-state index contributed by atoms with van der Waals surface area (Å²) < 4.78 is 12.8. The van der Waals surface area contributed by atoms with Crippen molar-refractivity contribution in [2.75, 3.05) is 13.2 Å². The number of benzene rings is 1. The third-order valence-electron chi connectivity index (χ3n) is 1.86. The molecule has 0 amide bonds. The van der Waals surface area contributed by atoms with Crippen LogP contribution in [0.1, 0.15) is 5.56 Å². The number of aromatic hydroxyl groups is 1. The zero-order valence-corrected chi connectivity index (χ0v) is 8.15. The summed E-state index contributed by atoms with van der Waals surface area (Å²) in [4.78, 5) is 0. The van der Waals surface area contributed by atoms with Crippen molar-refractivity contribution in [2.45, 2.75) is 12.6 Å². The molecule has 0 heterocycles.